The zero-order valence-corrected chi connectivity index (χ0v) is 22.9. The molecule has 0 spiro atoms. The van der Waals surface area contributed by atoms with Crippen LogP contribution in [-0.4, -0.2) is 71.3 Å². The monoisotopic (exact) mass is 579 g/mol. The SMILES string of the molecule is Cc1cc(N)nc(-c2c(Cl)cc3c(N4CC5CCC4CN5)nc(OC[C@@H]4CCCN4C)nc3c2F)c1C(F)(F)F. The summed E-state index contributed by atoms with van der Waals surface area (Å²) in [7, 11) is 2.01. The van der Waals surface area contributed by atoms with Crippen LogP contribution >= 0.6 is 11.6 Å². The maximum Gasteiger partial charge on any atom is 0.418 e. The number of nitrogens with one attached hydrogen (secondary N) is 1. The van der Waals surface area contributed by atoms with Gasteiger partial charge in [-0.05, 0) is 63.9 Å². The van der Waals surface area contributed by atoms with Crippen LogP contribution < -0.4 is 20.7 Å². The summed E-state index contributed by atoms with van der Waals surface area (Å²) >= 11 is 6.55. The molecule has 4 aliphatic rings. The first-order chi connectivity index (χ1) is 19.0. The molecule has 40 heavy (non-hydrogen) atoms. The van der Waals surface area contributed by atoms with E-state index in [1.807, 2.05) is 7.05 Å². The third kappa shape index (κ3) is 4.79. The molecule has 3 N–H and O–H groups in total. The van der Waals surface area contributed by atoms with Crippen molar-refractivity contribution in [3.05, 3.63) is 34.1 Å². The molecule has 13 heteroatoms. The fourth-order valence-corrected chi connectivity index (χ4v) is 6.51. The molecule has 8 nitrogen and oxygen atoms in total. The fourth-order valence-electron chi connectivity index (χ4n) is 6.23. The van der Waals surface area contributed by atoms with Crippen LogP contribution in [0.1, 0.15) is 36.8 Å². The van der Waals surface area contributed by atoms with Gasteiger partial charge in [0.15, 0.2) is 5.82 Å². The van der Waals surface area contributed by atoms with Crippen LogP contribution in [-0.2, 0) is 6.18 Å². The second kappa shape index (κ2) is 10.1. The number of piperazine rings is 1. The molecule has 2 bridgehead atoms. The molecule has 0 saturated carbocycles. The Morgan fingerprint density at radius 2 is 1.98 bits per heavy atom. The number of nitrogens with zero attached hydrogens (tertiary/aromatic N) is 5. The largest absolute Gasteiger partial charge is 0.462 e. The standard InChI is InChI=1S/C27H30ClF4N7O/c1-13-8-19(33)35-24(21(13)27(30,31)32)20-18(28)9-17-23(22(20)29)36-26(40-12-16-4-3-7-38(16)2)37-25(17)39-11-14-5-6-15(39)10-34-14/h8-9,14-16,34H,3-7,10-12H2,1-2H3,(H2,33,35)/t14?,15?,16-/m0/s1. The average Bonchev–Trinajstić information content (AvgIpc) is 3.31. The van der Waals surface area contributed by atoms with Crippen molar-refractivity contribution in [1.29, 1.82) is 0 Å². The van der Waals surface area contributed by atoms with Crippen molar-refractivity contribution in [1.82, 2.24) is 25.2 Å². The van der Waals surface area contributed by atoms with E-state index in [4.69, 9.17) is 27.1 Å². The molecule has 4 aliphatic heterocycles. The predicted octanol–water partition coefficient (Wildman–Crippen LogP) is 4.81. The van der Waals surface area contributed by atoms with Gasteiger partial charge in [-0.3, -0.25) is 0 Å². The summed E-state index contributed by atoms with van der Waals surface area (Å²) in [6, 6.07) is 3.03. The van der Waals surface area contributed by atoms with E-state index in [0.717, 1.165) is 44.8 Å². The summed E-state index contributed by atoms with van der Waals surface area (Å²) < 4.78 is 64.9. The Labute approximate surface area is 233 Å². The highest BCUT2D eigenvalue weighted by molar-refractivity contribution is 6.34. The maximum absolute atomic E-state index is 16.4. The number of hydrogen-bond acceptors (Lipinski definition) is 8. The van der Waals surface area contributed by atoms with E-state index in [-0.39, 0.29) is 46.1 Å². The number of likely N-dealkylation sites (N-methyl/N-ethyl adjacent to an activating group) is 1. The van der Waals surface area contributed by atoms with E-state index in [1.54, 1.807) is 0 Å². The average molecular weight is 580 g/mol. The Morgan fingerprint density at radius 1 is 1.18 bits per heavy atom. The number of hydrogen-bond donors (Lipinski definition) is 2. The van der Waals surface area contributed by atoms with E-state index in [2.05, 4.69) is 25.1 Å². The minimum atomic E-state index is -4.82. The third-order valence-electron chi connectivity index (χ3n) is 8.30. The molecule has 0 amide bonds. The van der Waals surface area contributed by atoms with Crippen LogP contribution in [0.15, 0.2) is 12.1 Å². The van der Waals surface area contributed by atoms with Gasteiger partial charge in [0.05, 0.1) is 21.8 Å². The predicted molar refractivity (Wildman–Crippen MR) is 145 cm³/mol. The van der Waals surface area contributed by atoms with Crippen molar-refractivity contribution in [3.8, 4) is 17.3 Å². The second-order valence-electron chi connectivity index (χ2n) is 10.9. The summed E-state index contributed by atoms with van der Waals surface area (Å²) in [5, 5.41) is 3.55. The van der Waals surface area contributed by atoms with Crippen LogP contribution in [0.4, 0.5) is 29.2 Å². The van der Waals surface area contributed by atoms with Gasteiger partial charge in [-0.2, -0.15) is 23.1 Å². The highest BCUT2D eigenvalue weighted by atomic mass is 35.5. The lowest BCUT2D eigenvalue weighted by molar-refractivity contribution is -0.137. The molecule has 7 rings (SSSR count). The molecule has 2 aromatic heterocycles. The molecule has 4 fully saturated rings. The number of rotatable bonds is 5. The summed E-state index contributed by atoms with van der Waals surface area (Å²) in [6.45, 7) is 3.91. The highest BCUT2D eigenvalue weighted by Crippen LogP contribution is 2.45. The highest BCUT2D eigenvalue weighted by Gasteiger charge is 2.39. The van der Waals surface area contributed by atoms with Gasteiger partial charge in [0.25, 0.3) is 0 Å². The molecule has 2 unspecified atom stereocenters. The Morgan fingerprint density at radius 3 is 2.60 bits per heavy atom. The number of likely N-dealkylation sites (tertiary alicyclic amines) is 1. The van der Waals surface area contributed by atoms with Crippen LogP contribution in [0, 0.1) is 12.7 Å². The van der Waals surface area contributed by atoms with E-state index in [1.165, 1.54) is 13.0 Å². The number of ether oxygens (including phenoxy) is 1. The zero-order chi connectivity index (χ0) is 28.3. The van der Waals surface area contributed by atoms with Crippen molar-refractivity contribution >= 4 is 34.1 Å². The minimum absolute atomic E-state index is 0.0304. The summed E-state index contributed by atoms with van der Waals surface area (Å²) in [6.07, 6.45) is -0.872. The van der Waals surface area contributed by atoms with Gasteiger partial charge in [-0.15, -0.1) is 0 Å². The lowest BCUT2D eigenvalue weighted by Crippen LogP contribution is -2.61. The van der Waals surface area contributed by atoms with Gasteiger partial charge in [0.2, 0.25) is 0 Å². The molecule has 3 atom stereocenters. The van der Waals surface area contributed by atoms with Gasteiger partial charge >= 0.3 is 12.2 Å². The van der Waals surface area contributed by atoms with Gasteiger partial charge in [0, 0.05) is 36.6 Å². The molecule has 0 aliphatic carbocycles. The topological polar surface area (TPSA) is 92.4 Å². The third-order valence-corrected chi connectivity index (χ3v) is 8.59. The van der Waals surface area contributed by atoms with Crippen LogP contribution in [0.3, 0.4) is 0 Å². The summed E-state index contributed by atoms with van der Waals surface area (Å²) in [5.74, 6) is -0.755. The van der Waals surface area contributed by atoms with Crippen molar-refractivity contribution in [2.75, 3.05) is 43.9 Å². The number of nitrogens with two attached hydrogens (primary N) is 1. The van der Waals surface area contributed by atoms with Crippen molar-refractivity contribution < 1.29 is 22.3 Å². The lowest BCUT2D eigenvalue weighted by Gasteiger charge is -2.46. The van der Waals surface area contributed by atoms with Crippen molar-refractivity contribution in [2.24, 2.45) is 0 Å². The van der Waals surface area contributed by atoms with Gasteiger partial charge in [-0.25, -0.2) is 9.37 Å². The molecule has 6 heterocycles. The lowest BCUT2D eigenvalue weighted by atomic mass is 9.92. The van der Waals surface area contributed by atoms with E-state index < -0.39 is 28.8 Å². The smallest absolute Gasteiger partial charge is 0.418 e. The number of fused-ring (bicyclic) bond motifs is 4. The Kier molecular flexibility index (Phi) is 6.90. The number of anilines is 2. The molecular formula is C27H30ClF4N7O. The number of piperidine rings is 2. The molecule has 214 valence electrons. The number of aryl methyl sites for hydroxylation is 1. The molecular weight excluding hydrogens is 550 g/mol. The van der Waals surface area contributed by atoms with Gasteiger partial charge < -0.3 is 25.6 Å². The Balaban J connectivity index is 1.53. The Hall–Kier alpha value is -2.96. The first kappa shape index (κ1) is 27.2. The van der Waals surface area contributed by atoms with E-state index in [0.29, 0.717) is 24.4 Å². The molecule has 1 aromatic carbocycles. The van der Waals surface area contributed by atoms with Crippen LogP contribution in [0.25, 0.3) is 22.2 Å². The Bertz CT molecular complexity index is 1460. The van der Waals surface area contributed by atoms with Gasteiger partial charge in [0.1, 0.15) is 23.8 Å². The van der Waals surface area contributed by atoms with E-state index in [9.17, 15) is 13.2 Å². The zero-order valence-electron chi connectivity index (χ0n) is 22.2. The minimum Gasteiger partial charge on any atom is -0.462 e. The molecule has 0 radical (unpaired) electrons. The van der Waals surface area contributed by atoms with Crippen LogP contribution in [0.5, 0.6) is 6.01 Å². The fraction of sp³-hybridized carbons (Fsp3) is 0.519. The number of nitrogen functional groups attached to an aromatic ring is 1. The number of pyridine rings is 1. The first-order valence-electron chi connectivity index (χ1n) is 13.4. The number of halogens is 5. The molecule has 4 saturated heterocycles. The van der Waals surface area contributed by atoms with Crippen molar-refractivity contribution in [2.45, 2.75) is 56.9 Å². The number of benzene rings is 1. The first-order valence-corrected chi connectivity index (χ1v) is 13.8. The maximum atomic E-state index is 16.4. The van der Waals surface area contributed by atoms with Gasteiger partial charge in [-0.1, -0.05) is 11.6 Å². The normalized spacial score (nSPS) is 23.4. The summed E-state index contributed by atoms with van der Waals surface area (Å²) in [4.78, 5) is 17.3. The van der Waals surface area contributed by atoms with Crippen molar-refractivity contribution in [3.63, 3.8) is 0 Å². The molecule has 3 aromatic rings. The van der Waals surface area contributed by atoms with Crippen LogP contribution in [0.2, 0.25) is 5.02 Å². The van der Waals surface area contributed by atoms with E-state index >= 15 is 4.39 Å². The quantitative estimate of drug-likeness (QED) is 0.416. The number of alkyl halides is 3. The second-order valence-corrected chi connectivity index (χ2v) is 11.3. The summed E-state index contributed by atoms with van der Waals surface area (Å²) in [5.41, 5.74) is 3.16. The number of aromatic nitrogens is 3.